The zero-order valence-corrected chi connectivity index (χ0v) is 8.27. The van der Waals surface area contributed by atoms with Gasteiger partial charge in [-0.3, -0.25) is 4.79 Å². The Bertz CT molecular complexity index is 565. The lowest BCUT2D eigenvalue weighted by Crippen LogP contribution is -2.13. The summed E-state index contributed by atoms with van der Waals surface area (Å²) >= 11 is 0. The van der Waals surface area contributed by atoms with Crippen LogP contribution < -0.4 is 5.73 Å². The first-order valence-corrected chi connectivity index (χ1v) is 4.57. The molecule has 1 amide bonds. The van der Waals surface area contributed by atoms with Crippen molar-refractivity contribution in [3.05, 3.63) is 41.7 Å². The van der Waals surface area contributed by atoms with Crippen LogP contribution in [0.2, 0.25) is 0 Å². The summed E-state index contributed by atoms with van der Waals surface area (Å²) in [7, 11) is 0. The molecule has 78 valence electrons. The van der Waals surface area contributed by atoms with E-state index in [1.165, 1.54) is 0 Å². The summed E-state index contributed by atoms with van der Waals surface area (Å²) in [5.74, 6) is -0.225. The number of rotatable bonds is 2. The number of nitrogens with zero attached hydrogens (tertiary/aromatic N) is 2. The van der Waals surface area contributed by atoms with Crippen LogP contribution in [0.15, 0.2) is 30.3 Å². The Morgan fingerprint density at radius 3 is 2.56 bits per heavy atom. The van der Waals surface area contributed by atoms with Crippen molar-refractivity contribution in [2.45, 2.75) is 0 Å². The third-order valence-corrected chi connectivity index (χ3v) is 2.10. The second kappa shape index (κ2) is 3.87. The number of primary amides is 1. The zero-order chi connectivity index (χ0) is 11.5. The number of hydrogen-bond donors (Lipinski definition) is 2. The maximum atomic E-state index is 11.0. The molecule has 0 fully saturated rings. The topological polar surface area (TPSA) is 95.6 Å². The molecule has 0 aliphatic heterocycles. The largest absolute Gasteiger partial charge is 0.364 e. The minimum Gasteiger partial charge on any atom is -0.364 e. The molecule has 1 heterocycles. The normalized spacial score (nSPS) is 9.69. The van der Waals surface area contributed by atoms with E-state index in [2.05, 4.69) is 9.97 Å². The van der Waals surface area contributed by atoms with E-state index < -0.39 is 5.91 Å². The molecular weight excluding hydrogens is 204 g/mol. The molecule has 0 unspecified atom stereocenters. The second-order valence-corrected chi connectivity index (χ2v) is 3.15. The predicted molar refractivity (Wildman–Crippen MR) is 57.3 cm³/mol. The van der Waals surface area contributed by atoms with Gasteiger partial charge in [0.25, 0.3) is 5.91 Å². The first-order valence-electron chi connectivity index (χ1n) is 4.57. The fourth-order valence-corrected chi connectivity index (χ4v) is 1.37. The predicted octanol–water partition coefficient (Wildman–Crippen LogP) is 1.05. The van der Waals surface area contributed by atoms with E-state index in [4.69, 9.17) is 11.0 Å². The van der Waals surface area contributed by atoms with Gasteiger partial charge in [0.15, 0.2) is 5.69 Å². The molecule has 0 aliphatic rings. The number of imidazole rings is 1. The third kappa shape index (κ3) is 1.64. The Morgan fingerprint density at radius 2 is 2.06 bits per heavy atom. The van der Waals surface area contributed by atoms with Crippen LogP contribution in [0.25, 0.3) is 11.4 Å². The summed E-state index contributed by atoms with van der Waals surface area (Å²) in [6.07, 6.45) is 0. The average molecular weight is 212 g/mol. The number of H-pyrrole nitrogens is 1. The minimum atomic E-state index is -0.689. The lowest BCUT2D eigenvalue weighted by Gasteiger charge is -1.93. The van der Waals surface area contributed by atoms with E-state index >= 15 is 0 Å². The minimum absolute atomic E-state index is 0.0198. The average Bonchev–Trinajstić information content (AvgIpc) is 2.74. The Morgan fingerprint density at radius 1 is 1.38 bits per heavy atom. The number of aromatic nitrogens is 2. The van der Waals surface area contributed by atoms with Crippen LogP contribution in [0.1, 0.15) is 16.2 Å². The number of benzene rings is 1. The van der Waals surface area contributed by atoms with Gasteiger partial charge in [0.1, 0.15) is 17.6 Å². The Labute approximate surface area is 91.5 Å². The molecule has 5 heteroatoms. The van der Waals surface area contributed by atoms with Crippen molar-refractivity contribution in [2.75, 3.05) is 0 Å². The Hall–Kier alpha value is -2.61. The fraction of sp³-hybridized carbons (Fsp3) is 0. The van der Waals surface area contributed by atoms with Gasteiger partial charge < -0.3 is 10.7 Å². The highest BCUT2D eigenvalue weighted by Gasteiger charge is 2.14. The van der Waals surface area contributed by atoms with Gasteiger partial charge in [0.05, 0.1) is 0 Å². The molecule has 1 aromatic carbocycles. The monoisotopic (exact) mass is 212 g/mol. The Kier molecular flexibility index (Phi) is 2.40. The van der Waals surface area contributed by atoms with E-state index in [1.807, 2.05) is 36.4 Å². The van der Waals surface area contributed by atoms with Gasteiger partial charge in [-0.1, -0.05) is 30.3 Å². The number of nitrogens with one attached hydrogen (secondary N) is 1. The molecule has 0 radical (unpaired) electrons. The number of aromatic amines is 1. The lowest BCUT2D eigenvalue weighted by atomic mass is 10.2. The van der Waals surface area contributed by atoms with Crippen LogP contribution in [-0.2, 0) is 0 Å². The van der Waals surface area contributed by atoms with E-state index in [-0.39, 0.29) is 11.4 Å². The maximum absolute atomic E-state index is 11.0. The van der Waals surface area contributed by atoms with Crippen molar-refractivity contribution in [1.29, 1.82) is 5.26 Å². The van der Waals surface area contributed by atoms with Crippen LogP contribution in [0.4, 0.5) is 0 Å². The first kappa shape index (κ1) is 9.93. The number of carbonyl (C=O) groups is 1. The van der Waals surface area contributed by atoms with Crippen LogP contribution >= 0.6 is 0 Å². The number of carbonyl (C=O) groups excluding carboxylic acids is 1. The molecule has 2 aromatic rings. The lowest BCUT2D eigenvalue weighted by molar-refractivity contribution is 0.0996. The number of amides is 1. The Balaban J connectivity index is 2.54. The van der Waals surface area contributed by atoms with E-state index in [0.29, 0.717) is 5.82 Å². The van der Waals surface area contributed by atoms with Gasteiger partial charge >= 0.3 is 0 Å². The van der Waals surface area contributed by atoms with Gasteiger partial charge in [-0.05, 0) is 0 Å². The van der Waals surface area contributed by atoms with Crippen molar-refractivity contribution >= 4 is 5.91 Å². The van der Waals surface area contributed by atoms with Gasteiger partial charge in [-0.25, -0.2) is 4.98 Å². The smallest absolute Gasteiger partial charge is 0.268 e. The summed E-state index contributed by atoms with van der Waals surface area (Å²) in [4.78, 5) is 17.8. The van der Waals surface area contributed by atoms with Gasteiger partial charge in [-0.2, -0.15) is 5.26 Å². The zero-order valence-electron chi connectivity index (χ0n) is 8.27. The maximum Gasteiger partial charge on any atom is 0.268 e. The van der Waals surface area contributed by atoms with Crippen LogP contribution in [0.3, 0.4) is 0 Å². The number of nitrogens with two attached hydrogens (primary N) is 1. The summed E-state index contributed by atoms with van der Waals surface area (Å²) < 4.78 is 0. The van der Waals surface area contributed by atoms with Crippen LogP contribution in [0.5, 0.6) is 0 Å². The summed E-state index contributed by atoms with van der Waals surface area (Å²) in [5, 5.41) is 8.79. The first-order chi connectivity index (χ1) is 7.72. The standard InChI is InChI=1S/C11H8N4O/c12-6-8-9(10(13)16)15-11(14-8)7-4-2-1-3-5-7/h1-5H,(H2,13,16)(H,14,15). The quantitative estimate of drug-likeness (QED) is 0.778. The summed E-state index contributed by atoms with van der Waals surface area (Å²) in [5.41, 5.74) is 5.98. The molecule has 5 nitrogen and oxygen atoms in total. The molecule has 1 aromatic heterocycles. The van der Waals surface area contributed by atoms with Gasteiger partial charge in [0, 0.05) is 5.56 Å². The molecule has 0 atom stereocenters. The van der Waals surface area contributed by atoms with E-state index in [9.17, 15) is 4.79 Å². The SMILES string of the molecule is N#Cc1nc(-c2ccccc2)[nH]c1C(N)=O. The summed E-state index contributed by atoms with van der Waals surface area (Å²) in [6, 6.07) is 11.0. The van der Waals surface area contributed by atoms with Gasteiger partial charge in [-0.15, -0.1) is 0 Å². The number of nitriles is 1. The molecule has 0 bridgehead atoms. The number of hydrogen-bond acceptors (Lipinski definition) is 3. The van der Waals surface area contributed by atoms with Crippen molar-refractivity contribution in [1.82, 2.24) is 9.97 Å². The van der Waals surface area contributed by atoms with Crippen LogP contribution in [-0.4, -0.2) is 15.9 Å². The molecule has 16 heavy (non-hydrogen) atoms. The van der Waals surface area contributed by atoms with E-state index in [1.54, 1.807) is 0 Å². The molecule has 0 aliphatic carbocycles. The van der Waals surface area contributed by atoms with Crippen molar-refractivity contribution in [3.8, 4) is 17.5 Å². The van der Waals surface area contributed by atoms with Gasteiger partial charge in [0.2, 0.25) is 0 Å². The second-order valence-electron chi connectivity index (χ2n) is 3.15. The molecular formula is C11H8N4O. The van der Waals surface area contributed by atoms with E-state index in [0.717, 1.165) is 5.56 Å². The highest BCUT2D eigenvalue weighted by Crippen LogP contribution is 2.17. The fourth-order valence-electron chi connectivity index (χ4n) is 1.37. The highest BCUT2D eigenvalue weighted by molar-refractivity contribution is 5.93. The molecule has 0 spiro atoms. The molecule has 3 N–H and O–H groups in total. The van der Waals surface area contributed by atoms with Crippen molar-refractivity contribution < 1.29 is 4.79 Å². The molecule has 2 rings (SSSR count). The van der Waals surface area contributed by atoms with Crippen molar-refractivity contribution in [2.24, 2.45) is 5.73 Å². The summed E-state index contributed by atoms with van der Waals surface area (Å²) in [6.45, 7) is 0. The molecule has 0 saturated carbocycles. The molecule has 0 saturated heterocycles. The third-order valence-electron chi connectivity index (χ3n) is 2.10. The highest BCUT2D eigenvalue weighted by atomic mass is 16.1. The van der Waals surface area contributed by atoms with Crippen molar-refractivity contribution in [3.63, 3.8) is 0 Å². The van der Waals surface area contributed by atoms with Crippen LogP contribution in [0, 0.1) is 11.3 Å².